The third-order valence-electron chi connectivity index (χ3n) is 3.81. The Morgan fingerprint density at radius 1 is 1.41 bits per heavy atom. The smallest absolute Gasteiger partial charge is 0.323 e. The monoisotopic (exact) mass is 236 g/mol. The van der Waals surface area contributed by atoms with Crippen molar-refractivity contribution in [3.63, 3.8) is 0 Å². The SMILES string of the molecule is COC(=O)[C@]12C=CC(=O)C[C@H]1CCCCC2=O. The van der Waals surface area contributed by atoms with Gasteiger partial charge in [0.15, 0.2) is 11.6 Å². The van der Waals surface area contributed by atoms with Crippen molar-refractivity contribution in [2.45, 2.75) is 32.1 Å². The highest BCUT2D eigenvalue weighted by molar-refractivity contribution is 6.09. The molecule has 0 radical (unpaired) electrons. The normalized spacial score (nSPS) is 32.9. The Morgan fingerprint density at radius 3 is 2.88 bits per heavy atom. The van der Waals surface area contributed by atoms with Gasteiger partial charge in [0.2, 0.25) is 0 Å². The number of Topliss-reactive ketones (excluding diaryl/α,β-unsaturated/α-hetero) is 1. The van der Waals surface area contributed by atoms with Crippen molar-refractivity contribution in [1.82, 2.24) is 0 Å². The Bertz CT molecular complexity index is 396. The van der Waals surface area contributed by atoms with E-state index in [9.17, 15) is 14.4 Å². The standard InChI is InChI=1S/C13H16O4/c1-17-12(16)13-7-6-10(14)8-9(13)4-2-3-5-11(13)15/h6-7,9H,2-5,8H2,1H3/t9-,13-/m1/s1. The van der Waals surface area contributed by atoms with E-state index in [1.807, 2.05) is 0 Å². The summed E-state index contributed by atoms with van der Waals surface area (Å²) in [5.74, 6) is -0.847. The first kappa shape index (κ1) is 12.0. The zero-order valence-electron chi connectivity index (χ0n) is 9.90. The van der Waals surface area contributed by atoms with Gasteiger partial charge in [0.25, 0.3) is 0 Å². The van der Waals surface area contributed by atoms with Crippen LogP contribution < -0.4 is 0 Å². The number of allylic oxidation sites excluding steroid dienone is 1. The number of rotatable bonds is 1. The fraction of sp³-hybridized carbons (Fsp3) is 0.615. The van der Waals surface area contributed by atoms with Crippen LogP contribution in [0.3, 0.4) is 0 Å². The molecule has 4 nitrogen and oxygen atoms in total. The predicted octanol–water partition coefficient (Wildman–Crippen LogP) is 1.43. The Balaban J connectivity index is 2.49. The summed E-state index contributed by atoms with van der Waals surface area (Å²) >= 11 is 0. The summed E-state index contributed by atoms with van der Waals surface area (Å²) in [6, 6.07) is 0. The topological polar surface area (TPSA) is 60.4 Å². The lowest BCUT2D eigenvalue weighted by Crippen LogP contribution is -2.46. The average molecular weight is 236 g/mol. The van der Waals surface area contributed by atoms with Crippen LogP contribution in [0.25, 0.3) is 0 Å². The van der Waals surface area contributed by atoms with Gasteiger partial charge in [0.1, 0.15) is 5.41 Å². The Hall–Kier alpha value is -1.45. The van der Waals surface area contributed by atoms with Gasteiger partial charge < -0.3 is 4.74 Å². The van der Waals surface area contributed by atoms with E-state index >= 15 is 0 Å². The molecule has 0 heterocycles. The molecular formula is C13H16O4. The van der Waals surface area contributed by atoms with Crippen molar-refractivity contribution in [2.75, 3.05) is 7.11 Å². The quantitative estimate of drug-likeness (QED) is 0.510. The first-order valence-electron chi connectivity index (χ1n) is 5.95. The molecule has 2 atom stereocenters. The lowest BCUT2D eigenvalue weighted by molar-refractivity contribution is -0.158. The average Bonchev–Trinajstić information content (AvgIpc) is 2.49. The lowest BCUT2D eigenvalue weighted by atomic mass is 9.66. The van der Waals surface area contributed by atoms with Crippen LogP contribution in [-0.4, -0.2) is 24.6 Å². The molecule has 0 aromatic rings. The van der Waals surface area contributed by atoms with E-state index in [0.717, 1.165) is 19.3 Å². The van der Waals surface area contributed by atoms with Gasteiger partial charge in [0, 0.05) is 12.8 Å². The zero-order chi connectivity index (χ0) is 12.5. The summed E-state index contributed by atoms with van der Waals surface area (Å²) in [6.45, 7) is 0. The van der Waals surface area contributed by atoms with E-state index in [4.69, 9.17) is 4.74 Å². The fourth-order valence-corrected chi connectivity index (χ4v) is 2.88. The van der Waals surface area contributed by atoms with Crippen molar-refractivity contribution >= 4 is 17.5 Å². The second-order valence-corrected chi connectivity index (χ2v) is 4.73. The number of carbonyl (C=O) groups excluding carboxylic acids is 3. The van der Waals surface area contributed by atoms with Crippen molar-refractivity contribution in [3.8, 4) is 0 Å². The number of hydrogen-bond acceptors (Lipinski definition) is 4. The van der Waals surface area contributed by atoms with Gasteiger partial charge in [0.05, 0.1) is 7.11 Å². The minimum absolute atomic E-state index is 0.00997. The van der Waals surface area contributed by atoms with E-state index in [2.05, 4.69) is 0 Å². The molecule has 2 rings (SSSR count). The van der Waals surface area contributed by atoms with Gasteiger partial charge in [-0.3, -0.25) is 14.4 Å². The summed E-state index contributed by atoms with van der Waals surface area (Å²) in [7, 11) is 1.29. The van der Waals surface area contributed by atoms with Crippen LogP contribution in [0.15, 0.2) is 12.2 Å². The summed E-state index contributed by atoms with van der Waals surface area (Å²) in [5, 5.41) is 0. The largest absolute Gasteiger partial charge is 0.468 e. The molecule has 0 saturated heterocycles. The number of esters is 1. The maximum absolute atomic E-state index is 12.2. The molecule has 2 aliphatic rings. The third-order valence-corrected chi connectivity index (χ3v) is 3.81. The molecule has 1 fully saturated rings. The molecule has 0 unspecified atom stereocenters. The highest BCUT2D eigenvalue weighted by Crippen LogP contribution is 2.44. The minimum Gasteiger partial charge on any atom is -0.468 e. The number of ether oxygens (including phenoxy) is 1. The van der Waals surface area contributed by atoms with Crippen LogP contribution in [0.2, 0.25) is 0 Å². The highest BCUT2D eigenvalue weighted by Gasteiger charge is 2.53. The first-order chi connectivity index (χ1) is 8.11. The molecule has 17 heavy (non-hydrogen) atoms. The maximum atomic E-state index is 12.2. The molecule has 0 aromatic carbocycles. The van der Waals surface area contributed by atoms with E-state index in [-0.39, 0.29) is 23.9 Å². The van der Waals surface area contributed by atoms with Gasteiger partial charge in [-0.25, -0.2) is 0 Å². The number of carbonyl (C=O) groups is 3. The molecule has 2 aliphatic carbocycles. The van der Waals surface area contributed by atoms with Gasteiger partial charge in [-0.1, -0.05) is 12.5 Å². The minimum atomic E-state index is -1.20. The van der Waals surface area contributed by atoms with Crippen molar-refractivity contribution in [2.24, 2.45) is 11.3 Å². The molecule has 0 aliphatic heterocycles. The van der Waals surface area contributed by atoms with Crippen LogP contribution in [0.1, 0.15) is 32.1 Å². The highest BCUT2D eigenvalue weighted by atomic mass is 16.5. The second-order valence-electron chi connectivity index (χ2n) is 4.73. The Morgan fingerprint density at radius 2 is 2.18 bits per heavy atom. The van der Waals surface area contributed by atoms with E-state index in [1.54, 1.807) is 0 Å². The van der Waals surface area contributed by atoms with Gasteiger partial charge in [-0.15, -0.1) is 0 Å². The van der Waals surface area contributed by atoms with E-state index in [1.165, 1.54) is 19.3 Å². The molecule has 0 bridgehead atoms. The van der Waals surface area contributed by atoms with Crippen molar-refractivity contribution in [3.05, 3.63) is 12.2 Å². The molecule has 0 spiro atoms. The third kappa shape index (κ3) is 1.81. The molecule has 92 valence electrons. The molecule has 4 heteroatoms. The van der Waals surface area contributed by atoms with E-state index in [0.29, 0.717) is 6.42 Å². The fourth-order valence-electron chi connectivity index (χ4n) is 2.88. The predicted molar refractivity (Wildman–Crippen MR) is 60.2 cm³/mol. The van der Waals surface area contributed by atoms with Crippen LogP contribution in [0.4, 0.5) is 0 Å². The zero-order valence-corrected chi connectivity index (χ0v) is 9.90. The summed E-state index contributed by atoms with van der Waals surface area (Å²) in [5.41, 5.74) is -1.20. The number of methoxy groups -OCH3 is 1. The van der Waals surface area contributed by atoms with Gasteiger partial charge in [-0.2, -0.15) is 0 Å². The van der Waals surface area contributed by atoms with Gasteiger partial charge >= 0.3 is 5.97 Å². The summed E-state index contributed by atoms with van der Waals surface area (Å²) < 4.78 is 4.79. The van der Waals surface area contributed by atoms with Crippen molar-refractivity contribution in [1.29, 1.82) is 0 Å². The molecule has 1 saturated carbocycles. The summed E-state index contributed by atoms with van der Waals surface area (Å²) in [6.07, 6.45) is 5.91. The van der Waals surface area contributed by atoms with Crippen LogP contribution in [0, 0.1) is 11.3 Å². The Labute approximate surface area is 100 Å². The summed E-state index contributed by atoms with van der Waals surface area (Å²) in [4.78, 5) is 35.6. The van der Waals surface area contributed by atoms with Gasteiger partial charge in [-0.05, 0) is 24.8 Å². The second kappa shape index (κ2) is 4.43. The molecule has 0 aromatic heterocycles. The first-order valence-corrected chi connectivity index (χ1v) is 5.95. The van der Waals surface area contributed by atoms with Crippen LogP contribution >= 0.6 is 0 Å². The van der Waals surface area contributed by atoms with Crippen LogP contribution in [-0.2, 0) is 19.1 Å². The van der Waals surface area contributed by atoms with Crippen LogP contribution in [0.5, 0.6) is 0 Å². The number of hydrogen-bond donors (Lipinski definition) is 0. The number of ketones is 2. The van der Waals surface area contributed by atoms with Crippen molar-refractivity contribution < 1.29 is 19.1 Å². The molecule has 0 N–H and O–H groups in total. The Kier molecular flexibility index (Phi) is 3.13. The molecule has 0 amide bonds. The maximum Gasteiger partial charge on any atom is 0.323 e. The number of fused-ring (bicyclic) bond motifs is 1. The van der Waals surface area contributed by atoms with E-state index < -0.39 is 11.4 Å². The molecular weight excluding hydrogens is 220 g/mol. The lowest BCUT2D eigenvalue weighted by Gasteiger charge is -2.34.